The number of rotatable bonds is 3. The van der Waals surface area contributed by atoms with Gasteiger partial charge in [0.05, 0.1) is 4.92 Å². The molecule has 0 unspecified atom stereocenters. The van der Waals surface area contributed by atoms with Crippen molar-refractivity contribution in [2.45, 2.75) is 12.3 Å². The van der Waals surface area contributed by atoms with Crippen LogP contribution in [0.3, 0.4) is 0 Å². The van der Waals surface area contributed by atoms with Crippen LogP contribution in [0.5, 0.6) is 0 Å². The van der Waals surface area contributed by atoms with Gasteiger partial charge in [-0.2, -0.15) is 5.10 Å². The summed E-state index contributed by atoms with van der Waals surface area (Å²) >= 11 is 0. The molecule has 1 saturated carbocycles. The van der Waals surface area contributed by atoms with Crippen LogP contribution in [-0.2, 0) is 0 Å². The normalized spacial score (nSPS) is 25.9. The van der Waals surface area contributed by atoms with Gasteiger partial charge < -0.3 is 5.73 Å². The van der Waals surface area contributed by atoms with Crippen molar-refractivity contribution in [2.24, 2.45) is 11.7 Å². The summed E-state index contributed by atoms with van der Waals surface area (Å²) in [6.07, 6.45) is 2.18. The number of hydrogen-bond acceptors (Lipinski definition) is 4. The quantitative estimate of drug-likeness (QED) is 0.521. The zero-order chi connectivity index (χ0) is 9.42. The summed E-state index contributed by atoms with van der Waals surface area (Å²) < 4.78 is 0. The van der Waals surface area contributed by atoms with Gasteiger partial charge in [-0.25, -0.2) is 0 Å². The van der Waals surface area contributed by atoms with Crippen LogP contribution in [0.4, 0.5) is 5.69 Å². The molecule has 1 aliphatic rings. The molecule has 70 valence electrons. The van der Waals surface area contributed by atoms with Gasteiger partial charge in [0, 0.05) is 5.92 Å². The standard InChI is InChI=1S/C7H10N4O2/c8-2-4-1-5(4)7-6(11(12)13)3-9-10-7/h3-5H,1-2,8H2,(H,9,10)/t4-,5+/m0/s1. The van der Waals surface area contributed by atoms with Crippen molar-refractivity contribution in [3.8, 4) is 0 Å². The van der Waals surface area contributed by atoms with E-state index in [9.17, 15) is 10.1 Å². The van der Waals surface area contributed by atoms with E-state index in [0.717, 1.165) is 6.42 Å². The summed E-state index contributed by atoms with van der Waals surface area (Å²) in [6.45, 7) is 0.584. The largest absolute Gasteiger partial charge is 0.330 e. The first-order valence-corrected chi connectivity index (χ1v) is 4.11. The highest BCUT2D eigenvalue weighted by Crippen LogP contribution is 2.48. The number of nitrogens with zero attached hydrogens (tertiary/aromatic N) is 2. The second-order valence-electron chi connectivity index (χ2n) is 3.26. The fourth-order valence-corrected chi connectivity index (χ4v) is 1.57. The molecule has 0 amide bonds. The number of nitrogens with two attached hydrogens (primary N) is 1. The molecular formula is C7H10N4O2. The molecule has 1 aliphatic carbocycles. The Hall–Kier alpha value is -1.43. The molecule has 0 saturated heterocycles. The van der Waals surface area contributed by atoms with Gasteiger partial charge in [0.1, 0.15) is 11.9 Å². The van der Waals surface area contributed by atoms with Crippen LogP contribution in [0.2, 0.25) is 0 Å². The smallest absolute Gasteiger partial charge is 0.310 e. The van der Waals surface area contributed by atoms with Crippen molar-refractivity contribution in [3.63, 3.8) is 0 Å². The highest BCUT2D eigenvalue weighted by atomic mass is 16.6. The van der Waals surface area contributed by atoms with Crippen LogP contribution < -0.4 is 5.73 Å². The Labute approximate surface area is 74.3 Å². The lowest BCUT2D eigenvalue weighted by atomic mass is 10.2. The minimum atomic E-state index is -0.412. The highest BCUT2D eigenvalue weighted by molar-refractivity contribution is 5.38. The Morgan fingerprint density at radius 1 is 1.85 bits per heavy atom. The minimum Gasteiger partial charge on any atom is -0.330 e. The van der Waals surface area contributed by atoms with Gasteiger partial charge in [-0.05, 0) is 18.9 Å². The molecule has 0 spiro atoms. The SMILES string of the molecule is NC[C@@H]1C[C@H]1c1[nH]ncc1[N+](=O)[O-]. The van der Waals surface area contributed by atoms with E-state index < -0.39 is 4.92 Å². The van der Waals surface area contributed by atoms with E-state index in [1.165, 1.54) is 6.20 Å². The van der Waals surface area contributed by atoms with Crippen LogP contribution in [0.25, 0.3) is 0 Å². The minimum absolute atomic E-state index is 0.0842. The van der Waals surface area contributed by atoms with Crippen molar-refractivity contribution in [1.29, 1.82) is 0 Å². The molecule has 2 atom stereocenters. The first kappa shape index (κ1) is 8.18. The van der Waals surface area contributed by atoms with Crippen molar-refractivity contribution in [3.05, 3.63) is 22.0 Å². The number of hydrogen-bond donors (Lipinski definition) is 2. The summed E-state index contributed by atoms with van der Waals surface area (Å²) in [4.78, 5) is 10.1. The Balaban J connectivity index is 2.22. The topological polar surface area (TPSA) is 97.8 Å². The van der Waals surface area contributed by atoms with E-state index in [-0.39, 0.29) is 11.6 Å². The van der Waals surface area contributed by atoms with Crippen LogP contribution in [0.1, 0.15) is 18.0 Å². The van der Waals surface area contributed by atoms with Gasteiger partial charge in [-0.15, -0.1) is 0 Å². The number of aromatic amines is 1. The molecule has 0 bridgehead atoms. The Morgan fingerprint density at radius 2 is 2.62 bits per heavy atom. The second kappa shape index (κ2) is 2.81. The maximum absolute atomic E-state index is 10.5. The van der Waals surface area contributed by atoms with E-state index in [0.29, 0.717) is 18.2 Å². The van der Waals surface area contributed by atoms with Crippen LogP contribution in [-0.4, -0.2) is 21.7 Å². The zero-order valence-electron chi connectivity index (χ0n) is 6.93. The van der Waals surface area contributed by atoms with Gasteiger partial charge in [0.25, 0.3) is 0 Å². The number of H-pyrrole nitrogens is 1. The molecule has 1 aromatic rings. The van der Waals surface area contributed by atoms with Crippen molar-refractivity contribution >= 4 is 5.69 Å². The monoisotopic (exact) mass is 182 g/mol. The molecule has 3 N–H and O–H groups in total. The molecule has 13 heavy (non-hydrogen) atoms. The summed E-state index contributed by atoms with van der Waals surface area (Å²) in [5.41, 5.74) is 6.16. The molecular weight excluding hydrogens is 172 g/mol. The van der Waals surface area contributed by atoms with Crippen LogP contribution in [0.15, 0.2) is 6.20 Å². The van der Waals surface area contributed by atoms with Crippen molar-refractivity contribution in [2.75, 3.05) is 6.54 Å². The van der Waals surface area contributed by atoms with E-state index in [1.54, 1.807) is 0 Å². The fraction of sp³-hybridized carbons (Fsp3) is 0.571. The number of nitro groups is 1. The highest BCUT2D eigenvalue weighted by Gasteiger charge is 2.42. The van der Waals surface area contributed by atoms with E-state index in [1.807, 2.05) is 0 Å². The van der Waals surface area contributed by atoms with E-state index >= 15 is 0 Å². The van der Waals surface area contributed by atoms with Crippen LogP contribution in [0, 0.1) is 16.0 Å². The van der Waals surface area contributed by atoms with Gasteiger partial charge >= 0.3 is 5.69 Å². The third-order valence-corrected chi connectivity index (χ3v) is 2.44. The molecule has 6 nitrogen and oxygen atoms in total. The predicted octanol–water partition coefficient (Wildman–Crippen LogP) is 0.380. The van der Waals surface area contributed by atoms with E-state index in [2.05, 4.69) is 10.2 Å². The lowest BCUT2D eigenvalue weighted by Gasteiger charge is -1.93. The fourth-order valence-electron chi connectivity index (χ4n) is 1.57. The van der Waals surface area contributed by atoms with E-state index in [4.69, 9.17) is 5.73 Å². The maximum Gasteiger partial charge on any atom is 0.310 e. The molecule has 0 aliphatic heterocycles. The van der Waals surface area contributed by atoms with Crippen LogP contribution >= 0.6 is 0 Å². The summed E-state index contributed by atoms with van der Waals surface area (Å²) in [5, 5.41) is 16.9. The number of nitrogens with one attached hydrogen (secondary N) is 1. The van der Waals surface area contributed by atoms with Crippen molar-refractivity contribution in [1.82, 2.24) is 10.2 Å². The van der Waals surface area contributed by atoms with Gasteiger partial charge in [-0.1, -0.05) is 0 Å². The van der Waals surface area contributed by atoms with Gasteiger partial charge in [0.15, 0.2) is 0 Å². The average molecular weight is 182 g/mol. The maximum atomic E-state index is 10.5. The summed E-state index contributed by atoms with van der Waals surface area (Å²) in [5.74, 6) is 0.604. The first-order valence-electron chi connectivity index (χ1n) is 4.11. The molecule has 2 rings (SSSR count). The number of aromatic nitrogens is 2. The Bertz CT molecular complexity index is 335. The lowest BCUT2D eigenvalue weighted by Crippen LogP contribution is -2.02. The molecule has 0 radical (unpaired) electrons. The zero-order valence-corrected chi connectivity index (χ0v) is 6.93. The average Bonchev–Trinajstić information content (AvgIpc) is 2.72. The Morgan fingerprint density at radius 3 is 3.15 bits per heavy atom. The van der Waals surface area contributed by atoms with Gasteiger partial charge in [-0.3, -0.25) is 15.2 Å². The predicted molar refractivity (Wildman–Crippen MR) is 45.1 cm³/mol. The molecule has 0 aromatic carbocycles. The lowest BCUT2D eigenvalue weighted by molar-refractivity contribution is -0.385. The first-order chi connectivity index (χ1) is 6.24. The second-order valence-corrected chi connectivity index (χ2v) is 3.26. The molecule has 1 heterocycles. The summed E-state index contributed by atoms with van der Waals surface area (Å²) in [6, 6.07) is 0. The molecule has 6 heteroatoms. The van der Waals surface area contributed by atoms with Gasteiger partial charge in [0.2, 0.25) is 0 Å². The summed E-state index contributed by atoms with van der Waals surface area (Å²) in [7, 11) is 0. The molecule has 1 aromatic heterocycles. The molecule has 1 fully saturated rings. The van der Waals surface area contributed by atoms with Crippen molar-refractivity contribution < 1.29 is 4.92 Å². The third-order valence-electron chi connectivity index (χ3n) is 2.44. The Kier molecular flexibility index (Phi) is 1.77. The third kappa shape index (κ3) is 1.29.